The molecule has 1 atom stereocenters. The first-order valence-electron chi connectivity index (χ1n) is 7.38. The fourth-order valence-corrected chi connectivity index (χ4v) is 3.10. The Kier molecular flexibility index (Phi) is 5.84. The Labute approximate surface area is 146 Å². The maximum absolute atomic E-state index is 12.6. The number of carbonyl (C=O) groups is 2. The van der Waals surface area contributed by atoms with Gasteiger partial charge in [0.15, 0.2) is 0 Å². The van der Waals surface area contributed by atoms with Gasteiger partial charge in [-0.1, -0.05) is 18.2 Å². The highest BCUT2D eigenvalue weighted by molar-refractivity contribution is 7.10. The summed E-state index contributed by atoms with van der Waals surface area (Å²) in [5.41, 5.74) is -0.361. The van der Waals surface area contributed by atoms with E-state index in [1.165, 1.54) is 23.5 Å². The van der Waals surface area contributed by atoms with Crippen molar-refractivity contribution in [2.24, 2.45) is 0 Å². The largest absolute Gasteiger partial charge is 0.480 e. The Morgan fingerprint density at radius 3 is 2.32 bits per heavy atom. The second-order valence-electron chi connectivity index (χ2n) is 5.52. The van der Waals surface area contributed by atoms with Crippen LogP contribution >= 0.6 is 11.3 Å². The van der Waals surface area contributed by atoms with Crippen LogP contribution in [0.2, 0.25) is 0 Å². The molecule has 1 heterocycles. The third-order valence-electron chi connectivity index (χ3n) is 3.63. The summed E-state index contributed by atoms with van der Waals surface area (Å²) in [5, 5.41) is 10.8. The van der Waals surface area contributed by atoms with E-state index < -0.39 is 30.2 Å². The van der Waals surface area contributed by atoms with Crippen molar-refractivity contribution < 1.29 is 27.9 Å². The Morgan fingerprint density at radius 1 is 1.20 bits per heavy atom. The van der Waals surface area contributed by atoms with Crippen LogP contribution in [0.5, 0.6) is 0 Å². The molecule has 25 heavy (non-hydrogen) atoms. The number of carboxylic acids is 1. The number of thiophene rings is 1. The number of benzene rings is 1. The standard InChI is InChI=1S/C17H16F3NO3S/c1-11(14-3-2-8-25-14)16(24)21(10-15(22)23)9-12-4-6-13(7-5-12)17(18,19)20/h2-8,11H,9-10H2,1H3,(H,22,23). The van der Waals surface area contributed by atoms with Gasteiger partial charge in [0, 0.05) is 11.4 Å². The molecule has 1 aromatic carbocycles. The van der Waals surface area contributed by atoms with Crippen LogP contribution in [-0.4, -0.2) is 28.4 Å². The highest BCUT2D eigenvalue weighted by atomic mass is 32.1. The zero-order valence-electron chi connectivity index (χ0n) is 13.3. The predicted molar refractivity (Wildman–Crippen MR) is 87.2 cm³/mol. The average Bonchev–Trinajstić information content (AvgIpc) is 3.06. The molecule has 2 rings (SSSR count). The van der Waals surface area contributed by atoms with E-state index in [0.29, 0.717) is 5.56 Å². The number of hydrogen-bond acceptors (Lipinski definition) is 3. The van der Waals surface area contributed by atoms with Gasteiger partial charge in [-0.05, 0) is 36.1 Å². The lowest BCUT2D eigenvalue weighted by molar-refractivity contribution is -0.145. The van der Waals surface area contributed by atoms with Crippen LogP contribution in [-0.2, 0) is 22.3 Å². The molecular formula is C17H16F3NO3S. The lowest BCUT2D eigenvalue weighted by Crippen LogP contribution is -2.37. The summed E-state index contributed by atoms with van der Waals surface area (Å²) < 4.78 is 37.8. The van der Waals surface area contributed by atoms with Crippen LogP contribution in [0.25, 0.3) is 0 Å². The summed E-state index contributed by atoms with van der Waals surface area (Å²) >= 11 is 1.39. The Balaban J connectivity index is 2.17. The van der Waals surface area contributed by atoms with Gasteiger partial charge in [0.1, 0.15) is 6.54 Å². The van der Waals surface area contributed by atoms with Gasteiger partial charge in [-0.15, -0.1) is 11.3 Å². The Morgan fingerprint density at radius 2 is 1.84 bits per heavy atom. The summed E-state index contributed by atoms with van der Waals surface area (Å²) in [6.07, 6.45) is -4.44. The number of nitrogens with zero attached hydrogens (tertiary/aromatic N) is 1. The van der Waals surface area contributed by atoms with Crippen molar-refractivity contribution in [3.63, 3.8) is 0 Å². The van der Waals surface area contributed by atoms with Crippen molar-refractivity contribution in [1.29, 1.82) is 0 Å². The monoisotopic (exact) mass is 371 g/mol. The lowest BCUT2D eigenvalue weighted by atomic mass is 10.1. The molecule has 2 aromatic rings. The second-order valence-corrected chi connectivity index (χ2v) is 6.50. The van der Waals surface area contributed by atoms with Crippen molar-refractivity contribution in [1.82, 2.24) is 4.90 Å². The average molecular weight is 371 g/mol. The highest BCUT2D eigenvalue weighted by Crippen LogP contribution is 2.29. The highest BCUT2D eigenvalue weighted by Gasteiger charge is 2.30. The van der Waals surface area contributed by atoms with Gasteiger partial charge >= 0.3 is 12.1 Å². The van der Waals surface area contributed by atoms with E-state index in [4.69, 9.17) is 5.11 Å². The molecule has 1 amide bonds. The van der Waals surface area contributed by atoms with Gasteiger partial charge in [-0.2, -0.15) is 13.2 Å². The van der Waals surface area contributed by atoms with Crippen molar-refractivity contribution in [3.05, 3.63) is 57.8 Å². The smallest absolute Gasteiger partial charge is 0.416 e. The minimum atomic E-state index is -4.44. The van der Waals surface area contributed by atoms with Crippen LogP contribution < -0.4 is 0 Å². The summed E-state index contributed by atoms with van der Waals surface area (Å²) in [4.78, 5) is 25.6. The van der Waals surface area contributed by atoms with E-state index in [0.717, 1.165) is 21.9 Å². The molecule has 1 N–H and O–H groups in total. The molecule has 0 saturated heterocycles. The predicted octanol–water partition coefficient (Wildman–Crippen LogP) is 3.98. The normalized spacial score (nSPS) is 12.6. The van der Waals surface area contributed by atoms with Gasteiger partial charge in [0.25, 0.3) is 0 Å². The zero-order chi connectivity index (χ0) is 18.6. The second kappa shape index (κ2) is 7.69. The van der Waals surface area contributed by atoms with E-state index in [-0.39, 0.29) is 12.5 Å². The van der Waals surface area contributed by atoms with Gasteiger partial charge in [0.05, 0.1) is 11.5 Å². The van der Waals surface area contributed by atoms with Crippen molar-refractivity contribution >= 4 is 23.2 Å². The molecule has 4 nitrogen and oxygen atoms in total. The first-order valence-corrected chi connectivity index (χ1v) is 8.26. The van der Waals surface area contributed by atoms with Crippen LogP contribution in [0.15, 0.2) is 41.8 Å². The number of halogens is 3. The molecule has 0 fully saturated rings. The van der Waals surface area contributed by atoms with Gasteiger partial charge < -0.3 is 10.0 Å². The Bertz CT molecular complexity index is 727. The molecule has 0 saturated carbocycles. The number of carbonyl (C=O) groups excluding carboxylic acids is 1. The van der Waals surface area contributed by atoms with E-state index >= 15 is 0 Å². The molecular weight excluding hydrogens is 355 g/mol. The topological polar surface area (TPSA) is 57.6 Å². The molecule has 134 valence electrons. The summed E-state index contributed by atoms with van der Waals surface area (Å²) in [5.74, 6) is -2.09. The van der Waals surface area contributed by atoms with Crippen LogP contribution in [0, 0.1) is 0 Å². The summed E-state index contributed by atoms with van der Waals surface area (Å²) in [6.45, 7) is 1.09. The first-order chi connectivity index (χ1) is 11.7. The molecule has 0 aliphatic heterocycles. The first kappa shape index (κ1) is 19.0. The maximum Gasteiger partial charge on any atom is 0.416 e. The SMILES string of the molecule is CC(C(=O)N(CC(=O)O)Cc1ccc(C(F)(F)F)cc1)c1cccs1. The summed E-state index contributed by atoms with van der Waals surface area (Å²) in [6, 6.07) is 7.91. The molecule has 0 radical (unpaired) electrons. The minimum absolute atomic E-state index is 0.0705. The van der Waals surface area contributed by atoms with Crippen molar-refractivity contribution in [3.8, 4) is 0 Å². The maximum atomic E-state index is 12.6. The number of carboxylic acid groups (broad SMARTS) is 1. The fourth-order valence-electron chi connectivity index (χ4n) is 2.33. The molecule has 0 aliphatic carbocycles. The number of amides is 1. The lowest BCUT2D eigenvalue weighted by Gasteiger charge is -2.24. The third-order valence-corrected chi connectivity index (χ3v) is 4.69. The van der Waals surface area contributed by atoms with Gasteiger partial charge in [-0.25, -0.2) is 0 Å². The quantitative estimate of drug-likeness (QED) is 0.836. The van der Waals surface area contributed by atoms with E-state index in [1.807, 2.05) is 5.38 Å². The molecule has 8 heteroatoms. The van der Waals surface area contributed by atoms with Crippen LogP contribution in [0.1, 0.15) is 28.8 Å². The van der Waals surface area contributed by atoms with E-state index in [1.54, 1.807) is 19.1 Å². The number of aliphatic carboxylic acids is 1. The number of alkyl halides is 3. The Hall–Kier alpha value is -2.35. The van der Waals surface area contributed by atoms with Gasteiger partial charge in [-0.3, -0.25) is 9.59 Å². The number of rotatable bonds is 6. The summed E-state index contributed by atoms with van der Waals surface area (Å²) in [7, 11) is 0. The zero-order valence-corrected chi connectivity index (χ0v) is 14.1. The van der Waals surface area contributed by atoms with Gasteiger partial charge in [0.2, 0.25) is 5.91 Å². The van der Waals surface area contributed by atoms with E-state index in [2.05, 4.69) is 0 Å². The third kappa shape index (κ3) is 5.06. The molecule has 0 aliphatic rings. The minimum Gasteiger partial charge on any atom is -0.480 e. The van der Waals surface area contributed by atoms with E-state index in [9.17, 15) is 22.8 Å². The van der Waals surface area contributed by atoms with Crippen molar-refractivity contribution in [2.45, 2.75) is 25.6 Å². The molecule has 0 spiro atoms. The fraction of sp³-hybridized carbons (Fsp3) is 0.294. The number of hydrogen-bond donors (Lipinski definition) is 1. The van der Waals surface area contributed by atoms with Crippen LogP contribution in [0.4, 0.5) is 13.2 Å². The molecule has 1 unspecified atom stereocenters. The molecule has 0 bridgehead atoms. The van der Waals surface area contributed by atoms with Crippen molar-refractivity contribution in [2.75, 3.05) is 6.54 Å². The van der Waals surface area contributed by atoms with Crippen LogP contribution in [0.3, 0.4) is 0 Å². The molecule has 1 aromatic heterocycles.